The van der Waals surface area contributed by atoms with Crippen molar-refractivity contribution in [3.8, 4) is 11.3 Å². The first-order chi connectivity index (χ1) is 7.33. The predicted molar refractivity (Wildman–Crippen MR) is 59.1 cm³/mol. The quantitative estimate of drug-likeness (QED) is 0.799. The molecule has 4 nitrogen and oxygen atoms in total. The summed E-state index contributed by atoms with van der Waals surface area (Å²) in [7, 11) is 1.63. The predicted octanol–water partition coefficient (Wildman–Crippen LogP) is 1.81. The van der Waals surface area contributed by atoms with Crippen LogP contribution in [0.4, 0.5) is 5.69 Å². The van der Waals surface area contributed by atoms with Gasteiger partial charge >= 0.3 is 0 Å². The van der Waals surface area contributed by atoms with E-state index in [2.05, 4.69) is 10.2 Å². The van der Waals surface area contributed by atoms with Crippen molar-refractivity contribution in [2.24, 2.45) is 0 Å². The van der Waals surface area contributed by atoms with Gasteiger partial charge in [0.1, 0.15) is 5.69 Å². The number of hydrogen-bond acceptors (Lipinski definition) is 3. The summed E-state index contributed by atoms with van der Waals surface area (Å²) in [5, 5.41) is 7.05. The molecule has 78 valence electrons. The lowest BCUT2D eigenvalue weighted by Gasteiger charge is -1.99. The van der Waals surface area contributed by atoms with Gasteiger partial charge in [-0.25, -0.2) is 0 Å². The molecular weight excluding hydrogens is 190 g/mol. The van der Waals surface area contributed by atoms with Gasteiger partial charge in [-0.05, 0) is 0 Å². The van der Waals surface area contributed by atoms with Crippen molar-refractivity contribution in [2.45, 2.75) is 6.61 Å². The standard InChI is InChI=1S/C11H13N3O/c1-15-7-9-10(12)11(14-13-9)8-5-3-2-4-6-8/h2-6H,7,12H2,1H3,(H,13,14). The van der Waals surface area contributed by atoms with Crippen molar-refractivity contribution in [3.63, 3.8) is 0 Å². The third kappa shape index (κ3) is 1.85. The number of H-pyrrole nitrogens is 1. The minimum Gasteiger partial charge on any atom is -0.395 e. The van der Waals surface area contributed by atoms with Crippen LogP contribution < -0.4 is 5.73 Å². The summed E-state index contributed by atoms with van der Waals surface area (Å²) in [6, 6.07) is 9.83. The Balaban J connectivity index is 2.38. The molecule has 0 saturated heterocycles. The number of aromatic amines is 1. The summed E-state index contributed by atoms with van der Waals surface area (Å²) >= 11 is 0. The second-order valence-corrected chi connectivity index (χ2v) is 3.26. The lowest BCUT2D eigenvalue weighted by molar-refractivity contribution is 0.182. The number of ether oxygens (including phenoxy) is 1. The highest BCUT2D eigenvalue weighted by Crippen LogP contribution is 2.25. The largest absolute Gasteiger partial charge is 0.395 e. The van der Waals surface area contributed by atoms with Gasteiger partial charge < -0.3 is 10.5 Å². The molecule has 4 heteroatoms. The average molecular weight is 203 g/mol. The van der Waals surface area contributed by atoms with E-state index in [0.29, 0.717) is 12.3 Å². The van der Waals surface area contributed by atoms with Crippen LogP contribution in [0.3, 0.4) is 0 Å². The third-order valence-corrected chi connectivity index (χ3v) is 2.22. The van der Waals surface area contributed by atoms with E-state index in [9.17, 15) is 0 Å². The monoisotopic (exact) mass is 203 g/mol. The van der Waals surface area contributed by atoms with E-state index in [4.69, 9.17) is 10.5 Å². The molecule has 0 fully saturated rings. The van der Waals surface area contributed by atoms with E-state index in [0.717, 1.165) is 17.0 Å². The molecule has 3 N–H and O–H groups in total. The molecule has 2 rings (SSSR count). The van der Waals surface area contributed by atoms with Crippen LogP contribution in [0.15, 0.2) is 30.3 Å². The van der Waals surface area contributed by atoms with Gasteiger partial charge in [0, 0.05) is 12.7 Å². The topological polar surface area (TPSA) is 63.9 Å². The molecule has 1 heterocycles. The van der Waals surface area contributed by atoms with Crippen LogP contribution >= 0.6 is 0 Å². The molecule has 1 aromatic heterocycles. The Kier molecular flexibility index (Phi) is 2.69. The SMILES string of the molecule is COCc1[nH]nc(-c2ccccc2)c1N. The highest BCUT2D eigenvalue weighted by atomic mass is 16.5. The number of hydrogen-bond donors (Lipinski definition) is 2. The second-order valence-electron chi connectivity index (χ2n) is 3.26. The minimum atomic E-state index is 0.450. The first-order valence-corrected chi connectivity index (χ1v) is 4.70. The Morgan fingerprint density at radius 2 is 2.07 bits per heavy atom. The Morgan fingerprint density at radius 1 is 1.33 bits per heavy atom. The molecule has 0 aliphatic heterocycles. The zero-order chi connectivity index (χ0) is 10.7. The summed E-state index contributed by atoms with van der Waals surface area (Å²) in [5.74, 6) is 0. The summed E-state index contributed by atoms with van der Waals surface area (Å²) in [6.45, 7) is 0.450. The number of nitrogens with two attached hydrogens (primary N) is 1. The van der Waals surface area contributed by atoms with Gasteiger partial charge in [-0.1, -0.05) is 30.3 Å². The summed E-state index contributed by atoms with van der Waals surface area (Å²) in [5.41, 5.74) is 9.21. The molecule has 1 aromatic carbocycles. The van der Waals surface area contributed by atoms with Crippen molar-refractivity contribution in [3.05, 3.63) is 36.0 Å². The fourth-order valence-electron chi connectivity index (χ4n) is 1.46. The van der Waals surface area contributed by atoms with Crippen LogP contribution in [-0.4, -0.2) is 17.3 Å². The maximum Gasteiger partial charge on any atom is 0.115 e. The van der Waals surface area contributed by atoms with Crippen LogP contribution in [0, 0.1) is 0 Å². The number of anilines is 1. The molecule has 15 heavy (non-hydrogen) atoms. The Morgan fingerprint density at radius 3 is 2.73 bits per heavy atom. The molecule has 0 amide bonds. The number of nitrogens with one attached hydrogen (secondary N) is 1. The Bertz CT molecular complexity index is 436. The van der Waals surface area contributed by atoms with E-state index in [1.807, 2.05) is 30.3 Å². The van der Waals surface area contributed by atoms with Gasteiger partial charge in [-0.2, -0.15) is 5.10 Å². The third-order valence-electron chi connectivity index (χ3n) is 2.22. The highest BCUT2D eigenvalue weighted by Gasteiger charge is 2.10. The normalized spacial score (nSPS) is 10.5. The minimum absolute atomic E-state index is 0.450. The Hall–Kier alpha value is -1.81. The molecule has 0 unspecified atom stereocenters. The lowest BCUT2D eigenvalue weighted by Crippen LogP contribution is -1.94. The Labute approximate surface area is 88.1 Å². The van der Waals surface area contributed by atoms with E-state index < -0.39 is 0 Å². The lowest BCUT2D eigenvalue weighted by atomic mass is 10.1. The molecule has 0 aliphatic rings. The molecule has 0 bridgehead atoms. The van der Waals surface area contributed by atoms with Gasteiger partial charge in [0.15, 0.2) is 0 Å². The number of methoxy groups -OCH3 is 1. The molecule has 0 atom stereocenters. The van der Waals surface area contributed by atoms with Crippen LogP contribution in [0.5, 0.6) is 0 Å². The van der Waals surface area contributed by atoms with Gasteiger partial charge in [0.05, 0.1) is 18.0 Å². The smallest absolute Gasteiger partial charge is 0.115 e. The molecular formula is C11H13N3O. The van der Waals surface area contributed by atoms with Crippen molar-refractivity contribution in [1.29, 1.82) is 0 Å². The number of nitrogen functional groups attached to an aromatic ring is 1. The molecule has 0 saturated carbocycles. The van der Waals surface area contributed by atoms with Crippen molar-refractivity contribution < 1.29 is 4.74 Å². The van der Waals surface area contributed by atoms with Crippen LogP contribution in [0.2, 0.25) is 0 Å². The second kappa shape index (κ2) is 4.14. The van der Waals surface area contributed by atoms with Crippen molar-refractivity contribution >= 4 is 5.69 Å². The van der Waals surface area contributed by atoms with Crippen LogP contribution in [0.1, 0.15) is 5.69 Å². The van der Waals surface area contributed by atoms with Crippen molar-refractivity contribution in [2.75, 3.05) is 12.8 Å². The first kappa shape index (κ1) is 9.73. The summed E-state index contributed by atoms with van der Waals surface area (Å²) in [4.78, 5) is 0. The fourth-order valence-corrected chi connectivity index (χ4v) is 1.46. The maximum absolute atomic E-state index is 5.95. The van der Waals surface area contributed by atoms with Crippen LogP contribution in [-0.2, 0) is 11.3 Å². The maximum atomic E-state index is 5.95. The number of benzene rings is 1. The van der Waals surface area contributed by atoms with Gasteiger partial charge in [-0.3, -0.25) is 5.10 Å². The van der Waals surface area contributed by atoms with E-state index in [1.165, 1.54) is 0 Å². The van der Waals surface area contributed by atoms with E-state index in [-0.39, 0.29) is 0 Å². The highest BCUT2D eigenvalue weighted by molar-refractivity contribution is 5.73. The van der Waals surface area contributed by atoms with E-state index in [1.54, 1.807) is 7.11 Å². The molecule has 0 radical (unpaired) electrons. The number of rotatable bonds is 3. The van der Waals surface area contributed by atoms with Crippen LogP contribution in [0.25, 0.3) is 11.3 Å². The van der Waals surface area contributed by atoms with Gasteiger partial charge in [0.25, 0.3) is 0 Å². The zero-order valence-corrected chi connectivity index (χ0v) is 8.53. The average Bonchev–Trinajstić information content (AvgIpc) is 2.63. The van der Waals surface area contributed by atoms with Gasteiger partial charge in [-0.15, -0.1) is 0 Å². The molecule has 0 aliphatic carbocycles. The van der Waals surface area contributed by atoms with E-state index >= 15 is 0 Å². The molecule has 0 spiro atoms. The summed E-state index contributed by atoms with van der Waals surface area (Å²) in [6.07, 6.45) is 0. The molecule has 2 aromatic rings. The number of aromatic nitrogens is 2. The number of nitrogens with zero attached hydrogens (tertiary/aromatic N) is 1. The van der Waals surface area contributed by atoms with Gasteiger partial charge in [0.2, 0.25) is 0 Å². The van der Waals surface area contributed by atoms with Crippen molar-refractivity contribution in [1.82, 2.24) is 10.2 Å². The fraction of sp³-hybridized carbons (Fsp3) is 0.182. The zero-order valence-electron chi connectivity index (χ0n) is 8.53. The first-order valence-electron chi connectivity index (χ1n) is 4.70. The summed E-state index contributed by atoms with van der Waals surface area (Å²) < 4.78 is 5.01.